The SMILES string of the molecule is COC(C(=O)NCc1cccc2ccccc12)=C1OC(C)(C)OC1=O. The minimum atomic E-state index is -1.12. The average molecular weight is 341 g/mol. The second-order valence-electron chi connectivity index (χ2n) is 6.07. The molecule has 3 rings (SSSR count). The number of carbonyl (C=O) groups excluding carboxylic acids is 2. The number of benzene rings is 2. The molecule has 130 valence electrons. The zero-order valence-corrected chi connectivity index (χ0v) is 14.3. The van der Waals surface area contributed by atoms with Gasteiger partial charge in [-0.3, -0.25) is 4.79 Å². The fourth-order valence-electron chi connectivity index (χ4n) is 2.71. The van der Waals surface area contributed by atoms with Gasteiger partial charge in [0.25, 0.3) is 11.7 Å². The lowest BCUT2D eigenvalue weighted by Gasteiger charge is -2.15. The molecule has 0 aromatic heterocycles. The van der Waals surface area contributed by atoms with Crippen LogP contribution in [0.15, 0.2) is 54.0 Å². The molecule has 0 aliphatic carbocycles. The molecule has 25 heavy (non-hydrogen) atoms. The van der Waals surface area contributed by atoms with Gasteiger partial charge in [-0.15, -0.1) is 0 Å². The Morgan fingerprint density at radius 2 is 1.84 bits per heavy atom. The van der Waals surface area contributed by atoms with Gasteiger partial charge >= 0.3 is 5.97 Å². The van der Waals surface area contributed by atoms with Gasteiger partial charge in [0.15, 0.2) is 0 Å². The van der Waals surface area contributed by atoms with Gasteiger partial charge in [-0.05, 0) is 16.3 Å². The maximum atomic E-state index is 12.4. The quantitative estimate of drug-likeness (QED) is 0.526. The summed E-state index contributed by atoms with van der Waals surface area (Å²) in [5, 5.41) is 4.89. The largest absolute Gasteiger partial charge is 0.488 e. The van der Waals surface area contributed by atoms with Gasteiger partial charge in [-0.25, -0.2) is 4.79 Å². The molecule has 0 unspecified atom stereocenters. The van der Waals surface area contributed by atoms with E-state index in [2.05, 4.69) is 5.32 Å². The van der Waals surface area contributed by atoms with Crippen LogP contribution in [0.1, 0.15) is 19.4 Å². The number of ether oxygens (including phenoxy) is 3. The van der Waals surface area contributed by atoms with Crippen molar-refractivity contribution in [1.29, 1.82) is 0 Å². The average Bonchev–Trinajstić information content (AvgIpc) is 2.86. The van der Waals surface area contributed by atoms with Crippen LogP contribution in [0.5, 0.6) is 0 Å². The number of hydrogen-bond donors (Lipinski definition) is 1. The molecule has 1 fully saturated rings. The van der Waals surface area contributed by atoms with Gasteiger partial charge in [0, 0.05) is 20.4 Å². The topological polar surface area (TPSA) is 73.9 Å². The maximum Gasteiger partial charge on any atom is 0.381 e. The highest BCUT2D eigenvalue weighted by atomic mass is 16.8. The first-order chi connectivity index (χ1) is 11.9. The van der Waals surface area contributed by atoms with E-state index in [4.69, 9.17) is 14.2 Å². The molecule has 0 radical (unpaired) electrons. The fourth-order valence-corrected chi connectivity index (χ4v) is 2.71. The summed E-state index contributed by atoms with van der Waals surface area (Å²) < 4.78 is 15.5. The van der Waals surface area contributed by atoms with Crippen molar-refractivity contribution in [3.8, 4) is 0 Å². The zero-order valence-electron chi connectivity index (χ0n) is 14.3. The molecule has 1 saturated heterocycles. The monoisotopic (exact) mass is 341 g/mol. The first-order valence-corrected chi connectivity index (χ1v) is 7.87. The Kier molecular flexibility index (Phi) is 4.35. The lowest BCUT2D eigenvalue weighted by atomic mass is 10.0. The Hall–Kier alpha value is -3.02. The van der Waals surface area contributed by atoms with Crippen LogP contribution in [0.2, 0.25) is 0 Å². The molecule has 1 amide bonds. The molecule has 6 nitrogen and oxygen atoms in total. The van der Waals surface area contributed by atoms with E-state index >= 15 is 0 Å². The van der Waals surface area contributed by atoms with E-state index in [1.807, 2.05) is 42.5 Å². The van der Waals surface area contributed by atoms with E-state index in [9.17, 15) is 9.59 Å². The highest BCUT2D eigenvalue weighted by Gasteiger charge is 2.41. The second kappa shape index (κ2) is 6.47. The molecule has 1 aliphatic heterocycles. The van der Waals surface area contributed by atoms with Crippen molar-refractivity contribution in [1.82, 2.24) is 5.32 Å². The van der Waals surface area contributed by atoms with Crippen LogP contribution >= 0.6 is 0 Å². The standard InChI is InChI=1S/C19H19NO5/c1-19(2)24-16(18(22)25-19)15(23-3)17(21)20-11-13-9-6-8-12-7-4-5-10-14(12)13/h4-10H,11H2,1-3H3,(H,20,21). The molecular formula is C19H19NO5. The van der Waals surface area contributed by atoms with E-state index in [0.717, 1.165) is 16.3 Å². The number of carbonyl (C=O) groups is 2. The summed E-state index contributed by atoms with van der Waals surface area (Å²) in [5.74, 6) is -2.80. The maximum absolute atomic E-state index is 12.4. The zero-order chi connectivity index (χ0) is 18.0. The number of fused-ring (bicyclic) bond motifs is 1. The number of cyclic esters (lactones) is 1. The smallest absolute Gasteiger partial charge is 0.381 e. The summed E-state index contributed by atoms with van der Waals surface area (Å²) in [7, 11) is 1.31. The first-order valence-electron chi connectivity index (χ1n) is 7.87. The summed E-state index contributed by atoms with van der Waals surface area (Å²) in [6.45, 7) is 3.46. The normalized spacial score (nSPS) is 17.6. The van der Waals surface area contributed by atoms with E-state index < -0.39 is 17.7 Å². The molecular weight excluding hydrogens is 322 g/mol. The third-order valence-corrected chi connectivity index (χ3v) is 3.81. The van der Waals surface area contributed by atoms with Crippen molar-refractivity contribution in [3.63, 3.8) is 0 Å². The lowest BCUT2D eigenvalue weighted by Crippen LogP contribution is -2.27. The Labute approximate surface area is 145 Å². The molecule has 1 N–H and O–H groups in total. The van der Waals surface area contributed by atoms with Crippen LogP contribution in [-0.4, -0.2) is 24.8 Å². The molecule has 0 saturated carbocycles. The summed E-state index contributed by atoms with van der Waals surface area (Å²) >= 11 is 0. The summed E-state index contributed by atoms with van der Waals surface area (Å²) in [5.41, 5.74) is 0.960. The third-order valence-electron chi connectivity index (χ3n) is 3.81. The van der Waals surface area contributed by atoms with E-state index in [1.54, 1.807) is 13.8 Å². The highest BCUT2D eigenvalue weighted by molar-refractivity contribution is 6.01. The van der Waals surface area contributed by atoms with Gasteiger partial charge in [0.1, 0.15) is 0 Å². The van der Waals surface area contributed by atoms with Gasteiger partial charge in [-0.1, -0.05) is 42.5 Å². The van der Waals surface area contributed by atoms with E-state index in [0.29, 0.717) is 6.54 Å². The molecule has 0 atom stereocenters. The number of hydrogen-bond acceptors (Lipinski definition) is 5. The molecule has 6 heteroatoms. The highest BCUT2D eigenvalue weighted by Crippen LogP contribution is 2.28. The van der Waals surface area contributed by atoms with Crippen LogP contribution in [0.3, 0.4) is 0 Å². The summed E-state index contributed by atoms with van der Waals surface area (Å²) in [6, 6.07) is 13.8. The number of amides is 1. The predicted molar refractivity (Wildman–Crippen MR) is 91.1 cm³/mol. The number of nitrogens with one attached hydrogen (secondary N) is 1. The number of rotatable bonds is 4. The lowest BCUT2D eigenvalue weighted by molar-refractivity contribution is -0.159. The van der Waals surface area contributed by atoms with Crippen LogP contribution < -0.4 is 5.32 Å². The molecule has 2 aromatic carbocycles. The second-order valence-corrected chi connectivity index (χ2v) is 6.07. The van der Waals surface area contributed by atoms with E-state index in [1.165, 1.54) is 7.11 Å². The van der Waals surface area contributed by atoms with Gasteiger partial charge < -0.3 is 19.5 Å². The Morgan fingerprint density at radius 3 is 2.52 bits per heavy atom. The third kappa shape index (κ3) is 3.42. The van der Waals surface area contributed by atoms with Crippen LogP contribution in [0, 0.1) is 0 Å². The molecule has 1 aliphatic rings. The van der Waals surface area contributed by atoms with Crippen molar-refractivity contribution in [2.24, 2.45) is 0 Å². The Bertz CT molecular complexity index is 864. The number of methoxy groups -OCH3 is 1. The fraction of sp³-hybridized carbons (Fsp3) is 0.263. The first kappa shape index (κ1) is 16.8. The van der Waals surface area contributed by atoms with Crippen molar-refractivity contribution in [2.45, 2.75) is 26.2 Å². The molecule has 1 heterocycles. The molecule has 0 bridgehead atoms. The predicted octanol–water partition coefficient (Wildman–Crippen LogP) is 2.62. The van der Waals surface area contributed by atoms with E-state index in [-0.39, 0.29) is 11.5 Å². The van der Waals surface area contributed by atoms with Crippen molar-refractivity contribution in [2.75, 3.05) is 7.11 Å². The summed E-state index contributed by atoms with van der Waals surface area (Å²) in [6.07, 6.45) is 0. The summed E-state index contributed by atoms with van der Waals surface area (Å²) in [4.78, 5) is 24.3. The Balaban J connectivity index is 1.80. The minimum Gasteiger partial charge on any atom is -0.488 e. The van der Waals surface area contributed by atoms with Crippen molar-refractivity contribution >= 4 is 22.6 Å². The minimum absolute atomic E-state index is 0.198. The van der Waals surface area contributed by atoms with Gasteiger partial charge in [0.2, 0.25) is 11.5 Å². The Morgan fingerprint density at radius 1 is 1.12 bits per heavy atom. The van der Waals surface area contributed by atoms with Gasteiger partial charge in [-0.2, -0.15) is 0 Å². The van der Waals surface area contributed by atoms with Crippen LogP contribution in [0.25, 0.3) is 10.8 Å². The van der Waals surface area contributed by atoms with Crippen LogP contribution in [-0.2, 0) is 30.3 Å². The number of esters is 1. The van der Waals surface area contributed by atoms with Crippen LogP contribution in [0.4, 0.5) is 0 Å². The van der Waals surface area contributed by atoms with Gasteiger partial charge in [0.05, 0.1) is 7.11 Å². The van der Waals surface area contributed by atoms with Crippen molar-refractivity contribution in [3.05, 3.63) is 59.5 Å². The molecule has 0 spiro atoms. The van der Waals surface area contributed by atoms with Crippen molar-refractivity contribution < 1.29 is 23.8 Å². The molecule has 2 aromatic rings.